The van der Waals surface area contributed by atoms with E-state index in [1.165, 1.54) is 12.1 Å². The summed E-state index contributed by atoms with van der Waals surface area (Å²) in [5.41, 5.74) is 1.89. The summed E-state index contributed by atoms with van der Waals surface area (Å²) in [7, 11) is 0. The average Bonchev–Trinajstić information content (AvgIpc) is 2.72. The summed E-state index contributed by atoms with van der Waals surface area (Å²) >= 11 is 0. The van der Waals surface area contributed by atoms with Crippen LogP contribution in [0.5, 0.6) is 0 Å². The Morgan fingerprint density at radius 3 is 2.29 bits per heavy atom. The summed E-state index contributed by atoms with van der Waals surface area (Å²) in [6.07, 6.45) is 2.30. The van der Waals surface area contributed by atoms with Crippen molar-refractivity contribution in [3.63, 3.8) is 0 Å². The van der Waals surface area contributed by atoms with E-state index in [-0.39, 0.29) is 24.2 Å². The molecule has 0 heterocycles. The van der Waals surface area contributed by atoms with Gasteiger partial charge in [0.25, 0.3) is 0 Å². The van der Waals surface area contributed by atoms with Gasteiger partial charge in [-0.05, 0) is 42.5 Å². The Kier molecular flexibility index (Phi) is 8.66. The van der Waals surface area contributed by atoms with E-state index in [9.17, 15) is 14.0 Å². The number of nitrogens with zero attached hydrogens (tertiary/aromatic N) is 1. The molecule has 0 aliphatic heterocycles. The summed E-state index contributed by atoms with van der Waals surface area (Å²) in [6, 6.07) is 15.3. The van der Waals surface area contributed by atoms with Crippen LogP contribution in [-0.2, 0) is 22.6 Å². The van der Waals surface area contributed by atoms with Crippen LogP contribution in [0.4, 0.5) is 4.39 Å². The van der Waals surface area contributed by atoms with Crippen molar-refractivity contribution in [2.24, 2.45) is 0 Å². The fourth-order valence-electron chi connectivity index (χ4n) is 3.11. The van der Waals surface area contributed by atoms with E-state index < -0.39 is 6.04 Å². The quantitative estimate of drug-likeness (QED) is 0.671. The number of aryl methyl sites for hydroxylation is 1. The monoisotopic (exact) mass is 384 g/mol. The maximum atomic E-state index is 13.2. The molecule has 4 nitrogen and oxygen atoms in total. The molecule has 5 heteroatoms. The van der Waals surface area contributed by atoms with Crippen molar-refractivity contribution in [2.45, 2.75) is 52.1 Å². The highest BCUT2D eigenvalue weighted by Gasteiger charge is 2.28. The van der Waals surface area contributed by atoms with Gasteiger partial charge in [0.05, 0.1) is 0 Å². The molecule has 0 radical (unpaired) electrons. The first-order valence-electron chi connectivity index (χ1n) is 9.90. The van der Waals surface area contributed by atoms with E-state index in [0.29, 0.717) is 25.8 Å². The third kappa shape index (κ3) is 6.48. The van der Waals surface area contributed by atoms with Crippen LogP contribution in [0.3, 0.4) is 0 Å². The van der Waals surface area contributed by atoms with E-state index in [1.807, 2.05) is 44.2 Å². The van der Waals surface area contributed by atoms with Crippen LogP contribution in [-0.4, -0.2) is 29.3 Å². The number of halogens is 1. The van der Waals surface area contributed by atoms with Gasteiger partial charge in [0.15, 0.2) is 0 Å². The van der Waals surface area contributed by atoms with E-state index in [1.54, 1.807) is 17.0 Å². The Hall–Kier alpha value is -2.69. The largest absolute Gasteiger partial charge is 0.354 e. The molecule has 2 aromatic carbocycles. The zero-order valence-corrected chi connectivity index (χ0v) is 16.7. The standard InChI is InChI=1S/C23H29FN2O2/c1-3-16-25-23(28)21(4-2)26(17-19-10-13-20(24)14-11-19)22(27)15-12-18-8-6-5-7-9-18/h5-11,13-14,21H,3-4,12,15-17H2,1-2H3,(H,25,28)/t21-/m1/s1. The second-order valence-electron chi connectivity index (χ2n) is 6.85. The van der Waals surface area contributed by atoms with Crippen molar-refractivity contribution < 1.29 is 14.0 Å². The summed E-state index contributed by atoms with van der Waals surface area (Å²) < 4.78 is 13.2. The maximum absolute atomic E-state index is 13.2. The predicted molar refractivity (Wildman–Crippen MR) is 109 cm³/mol. The highest BCUT2D eigenvalue weighted by Crippen LogP contribution is 2.15. The van der Waals surface area contributed by atoms with E-state index >= 15 is 0 Å². The lowest BCUT2D eigenvalue weighted by atomic mass is 10.1. The number of hydrogen-bond donors (Lipinski definition) is 1. The number of amides is 2. The molecule has 150 valence electrons. The molecule has 0 aliphatic rings. The fraction of sp³-hybridized carbons (Fsp3) is 0.391. The fourth-order valence-corrected chi connectivity index (χ4v) is 3.11. The average molecular weight is 384 g/mol. The van der Waals surface area contributed by atoms with Crippen molar-refractivity contribution in [3.05, 3.63) is 71.5 Å². The van der Waals surface area contributed by atoms with E-state index in [0.717, 1.165) is 17.5 Å². The zero-order chi connectivity index (χ0) is 20.4. The highest BCUT2D eigenvalue weighted by atomic mass is 19.1. The lowest BCUT2D eigenvalue weighted by Crippen LogP contribution is -2.49. The van der Waals surface area contributed by atoms with Crippen molar-refractivity contribution in [2.75, 3.05) is 6.54 Å². The van der Waals surface area contributed by atoms with Crippen LogP contribution in [0.25, 0.3) is 0 Å². The minimum atomic E-state index is -0.542. The van der Waals surface area contributed by atoms with Gasteiger partial charge >= 0.3 is 0 Å². The van der Waals surface area contributed by atoms with Gasteiger partial charge in [0.2, 0.25) is 11.8 Å². The molecular weight excluding hydrogens is 355 g/mol. The number of carbonyl (C=O) groups excluding carboxylic acids is 2. The van der Waals surface area contributed by atoms with Crippen LogP contribution < -0.4 is 5.32 Å². The highest BCUT2D eigenvalue weighted by molar-refractivity contribution is 5.87. The molecule has 2 amide bonds. The minimum absolute atomic E-state index is 0.0772. The van der Waals surface area contributed by atoms with Crippen LogP contribution >= 0.6 is 0 Å². The number of carbonyl (C=O) groups is 2. The maximum Gasteiger partial charge on any atom is 0.242 e. The lowest BCUT2D eigenvalue weighted by molar-refractivity contribution is -0.141. The third-order valence-electron chi connectivity index (χ3n) is 4.67. The van der Waals surface area contributed by atoms with Crippen molar-refractivity contribution in [1.82, 2.24) is 10.2 Å². The zero-order valence-electron chi connectivity index (χ0n) is 16.7. The number of rotatable bonds is 10. The molecule has 0 aromatic heterocycles. The van der Waals surface area contributed by atoms with Crippen LogP contribution in [0, 0.1) is 5.82 Å². The number of benzene rings is 2. The Balaban J connectivity index is 2.16. The molecule has 0 saturated heterocycles. The van der Waals surface area contributed by atoms with E-state index in [2.05, 4.69) is 5.32 Å². The number of hydrogen-bond acceptors (Lipinski definition) is 2. The minimum Gasteiger partial charge on any atom is -0.354 e. The smallest absolute Gasteiger partial charge is 0.242 e. The van der Waals surface area contributed by atoms with Crippen LogP contribution in [0.15, 0.2) is 54.6 Å². The molecule has 0 saturated carbocycles. The molecular formula is C23H29FN2O2. The first-order valence-corrected chi connectivity index (χ1v) is 9.90. The summed E-state index contributed by atoms with van der Waals surface area (Å²) in [4.78, 5) is 27.3. The van der Waals surface area contributed by atoms with Crippen molar-refractivity contribution in [1.29, 1.82) is 0 Å². The molecule has 2 rings (SSSR count). The predicted octanol–water partition coefficient (Wildman–Crippen LogP) is 4.09. The second kappa shape index (κ2) is 11.2. The van der Waals surface area contributed by atoms with Crippen LogP contribution in [0.2, 0.25) is 0 Å². The van der Waals surface area contributed by atoms with Crippen LogP contribution in [0.1, 0.15) is 44.2 Å². The molecule has 2 aromatic rings. The van der Waals surface area contributed by atoms with Gasteiger partial charge in [-0.3, -0.25) is 9.59 Å². The summed E-state index contributed by atoms with van der Waals surface area (Å²) in [5, 5.41) is 2.89. The molecule has 28 heavy (non-hydrogen) atoms. The van der Waals surface area contributed by atoms with Crippen molar-refractivity contribution >= 4 is 11.8 Å². The topological polar surface area (TPSA) is 49.4 Å². The molecule has 0 aliphatic carbocycles. The van der Waals surface area contributed by atoms with Gasteiger partial charge in [0.1, 0.15) is 11.9 Å². The van der Waals surface area contributed by atoms with E-state index in [4.69, 9.17) is 0 Å². The Bertz CT molecular complexity index is 747. The second-order valence-corrected chi connectivity index (χ2v) is 6.85. The van der Waals surface area contributed by atoms with Gasteiger partial charge < -0.3 is 10.2 Å². The molecule has 1 N–H and O–H groups in total. The van der Waals surface area contributed by atoms with Gasteiger partial charge in [-0.15, -0.1) is 0 Å². The molecule has 1 atom stereocenters. The van der Waals surface area contributed by atoms with Gasteiger partial charge in [0, 0.05) is 19.5 Å². The Morgan fingerprint density at radius 2 is 1.68 bits per heavy atom. The first-order chi connectivity index (χ1) is 13.5. The first kappa shape index (κ1) is 21.6. The van der Waals surface area contributed by atoms with Gasteiger partial charge in [-0.1, -0.05) is 56.3 Å². The SMILES string of the molecule is CCCNC(=O)[C@@H](CC)N(Cc1ccc(F)cc1)C(=O)CCc1ccccc1. The molecule has 0 bridgehead atoms. The summed E-state index contributed by atoms with van der Waals surface area (Å²) in [5.74, 6) is -0.537. The number of nitrogens with one attached hydrogen (secondary N) is 1. The molecule has 0 unspecified atom stereocenters. The molecule has 0 fully saturated rings. The Morgan fingerprint density at radius 1 is 1.00 bits per heavy atom. The molecule has 0 spiro atoms. The lowest BCUT2D eigenvalue weighted by Gasteiger charge is -2.30. The van der Waals surface area contributed by atoms with Gasteiger partial charge in [-0.2, -0.15) is 0 Å². The Labute approximate surface area is 166 Å². The van der Waals surface area contributed by atoms with Crippen molar-refractivity contribution in [3.8, 4) is 0 Å². The van der Waals surface area contributed by atoms with Gasteiger partial charge in [-0.25, -0.2) is 4.39 Å². The normalized spacial score (nSPS) is 11.7. The third-order valence-corrected chi connectivity index (χ3v) is 4.67. The summed E-state index contributed by atoms with van der Waals surface area (Å²) in [6.45, 7) is 4.75.